The van der Waals surface area contributed by atoms with Crippen LogP contribution in [0, 0.1) is 12.7 Å². The first-order valence-corrected chi connectivity index (χ1v) is 6.77. The molecule has 2 aromatic rings. The van der Waals surface area contributed by atoms with E-state index in [0.717, 1.165) is 10.6 Å². The fourth-order valence-corrected chi connectivity index (χ4v) is 2.49. The maximum Gasteiger partial charge on any atom is 0.126 e. The van der Waals surface area contributed by atoms with Crippen molar-refractivity contribution >= 4 is 11.3 Å². The summed E-state index contributed by atoms with van der Waals surface area (Å²) >= 11 is 1.64. The summed E-state index contributed by atoms with van der Waals surface area (Å²) in [7, 11) is 0. The number of halogens is 1. The number of nitrogens with zero attached hydrogens (tertiary/aromatic N) is 1. The van der Waals surface area contributed by atoms with Crippen molar-refractivity contribution in [3.8, 4) is 0 Å². The van der Waals surface area contributed by atoms with Gasteiger partial charge >= 0.3 is 0 Å². The number of hydrogen-bond acceptors (Lipinski definition) is 3. The van der Waals surface area contributed by atoms with Gasteiger partial charge in [0.05, 0.1) is 5.54 Å². The first-order valence-electron chi connectivity index (χ1n) is 5.89. The van der Waals surface area contributed by atoms with Crippen molar-refractivity contribution in [2.24, 2.45) is 0 Å². The molecule has 1 heterocycles. The molecule has 0 bridgehead atoms. The number of thiazole rings is 1. The van der Waals surface area contributed by atoms with Gasteiger partial charge in [-0.3, -0.25) is 0 Å². The third-order valence-electron chi connectivity index (χ3n) is 2.92. The summed E-state index contributed by atoms with van der Waals surface area (Å²) in [4.78, 5) is 4.33. The van der Waals surface area contributed by atoms with Gasteiger partial charge < -0.3 is 5.32 Å². The fraction of sp³-hybridized carbons (Fsp3) is 0.357. The maximum atomic E-state index is 13.2. The highest BCUT2D eigenvalue weighted by Crippen LogP contribution is 2.22. The van der Waals surface area contributed by atoms with Gasteiger partial charge in [-0.15, -0.1) is 11.3 Å². The predicted octanol–water partition coefficient (Wildman–Crippen LogP) is 3.62. The number of rotatable bonds is 4. The van der Waals surface area contributed by atoms with Crippen molar-refractivity contribution in [2.75, 3.05) is 0 Å². The van der Waals surface area contributed by atoms with Gasteiger partial charge in [-0.1, -0.05) is 12.1 Å². The summed E-state index contributed by atoms with van der Waals surface area (Å²) in [5.74, 6) is -0.155. The standard InChI is InChI=1S/C14H17FN2S/c1-10-8-11(4-5-12(10)15)9-17-14(2,3)13-16-6-7-18-13/h4-8,17H,9H2,1-3H3. The molecule has 2 nitrogen and oxygen atoms in total. The quantitative estimate of drug-likeness (QED) is 0.912. The summed E-state index contributed by atoms with van der Waals surface area (Å²) < 4.78 is 13.2. The van der Waals surface area contributed by atoms with Crippen molar-refractivity contribution in [3.05, 3.63) is 51.7 Å². The summed E-state index contributed by atoms with van der Waals surface area (Å²) in [6.45, 7) is 6.68. The first kappa shape index (κ1) is 13.2. The number of hydrogen-bond donors (Lipinski definition) is 1. The van der Waals surface area contributed by atoms with Gasteiger partial charge in [0.1, 0.15) is 10.8 Å². The lowest BCUT2D eigenvalue weighted by atomic mass is 10.1. The van der Waals surface area contributed by atoms with Crippen LogP contribution < -0.4 is 5.32 Å². The van der Waals surface area contributed by atoms with Crippen LogP contribution in [0.15, 0.2) is 29.8 Å². The van der Waals surface area contributed by atoms with Crippen molar-refractivity contribution < 1.29 is 4.39 Å². The highest BCUT2D eigenvalue weighted by Gasteiger charge is 2.22. The van der Waals surface area contributed by atoms with Crippen molar-refractivity contribution in [1.82, 2.24) is 10.3 Å². The summed E-state index contributed by atoms with van der Waals surface area (Å²) in [6.07, 6.45) is 1.81. The largest absolute Gasteiger partial charge is 0.302 e. The van der Waals surface area contributed by atoms with Gasteiger partial charge in [0.15, 0.2) is 0 Å². The lowest BCUT2D eigenvalue weighted by Gasteiger charge is -2.24. The summed E-state index contributed by atoms with van der Waals surface area (Å²) in [5.41, 5.74) is 1.59. The highest BCUT2D eigenvalue weighted by molar-refractivity contribution is 7.09. The average Bonchev–Trinajstić information content (AvgIpc) is 2.85. The number of benzene rings is 1. The molecule has 0 aliphatic rings. The minimum Gasteiger partial charge on any atom is -0.302 e. The molecule has 0 fully saturated rings. The average molecular weight is 264 g/mol. The Hall–Kier alpha value is -1.26. The molecule has 0 saturated heterocycles. The fourth-order valence-electron chi connectivity index (χ4n) is 1.75. The van der Waals surface area contributed by atoms with E-state index in [1.54, 1.807) is 18.3 Å². The van der Waals surface area contributed by atoms with Crippen LogP contribution in [-0.2, 0) is 12.1 Å². The minimum absolute atomic E-state index is 0.155. The molecule has 0 radical (unpaired) electrons. The van der Waals surface area contributed by atoms with E-state index in [-0.39, 0.29) is 11.4 Å². The van der Waals surface area contributed by atoms with Crippen LogP contribution in [0.1, 0.15) is 30.0 Å². The van der Waals surface area contributed by atoms with E-state index in [1.807, 2.05) is 23.7 Å². The first-order chi connectivity index (χ1) is 8.49. The third kappa shape index (κ3) is 2.94. The molecule has 2 rings (SSSR count). The molecule has 18 heavy (non-hydrogen) atoms. The topological polar surface area (TPSA) is 24.9 Å². The van der Waals surface area contributed by atoms with Crippen molar-refractivity contribution in [3.63, 3.8) is 0 Å². The Bertz CT molecular complexity index is 521. The van der Waals surface area contributed by atoms with Gasteiger partial charge in [0, 0.05) is 18.1 Å². The van der Waals surface area contributed by atoms with Crippen LogP contribution >= 0.6 is 11.3 Å². The summed E-state index contributed by atoms with van der Waals surface area (Å²) in [5, 5.41) is 6.48. The lowest BCUT2D eigenvalue weighted by molar-refractivity contribution is 0.399. The molecular weight excluding hydrogens is 247 g/mol. The molecule has 4 heteroatoms. The zero-order valence-corrected chi connectivity index (χ0v) is 11.6. The molecule has 1 aromatic carbocycles. The zero-order valence-electron chi connectivity index (χ0n) is 10.8. The molecule has 0 aliphatic heterocycles. The van der Waals surface area contributed by atoms with Gasteiger partial charge in [-0.25, -0.2) is 9.37 Å². The molecule has 0 amide bonds. The second kappa shape index (κ2) is 5.16. The SMILES string of the molecule is Cc1cc(CNC(C)(C)c2nccs2)ccc1F. The monoisotopic (exact) mass is 264 g/mol. The van der Waals surface area contributed by atoms with Crippen LogP contribution in [0.25, 0.3) is 0 Å². The van der Waals surface area contributed by atoms with Gasteiger partial charge in [-0.05, 0) is 38.0 Å². The Morgan fingerprint density at radius 1 is 1.39 bits per heavy atom. The Balaban J connectivity index is 2.05. The molecule has 0 unspecified atom stereocenters. The highest BCUT2D eigenvalue weighted by atomic mass is 32.1. The molecule has 0 atom stereocenters. The van der Waals surface area contributed by atoms with Gasteiger partial charge in [0.25, 0.3) is 0 Å². The van der Waals surface area contributed by atoms with E-state index in [4.69, 9.17) is 0 Å². The van der Waals surface area contributed by atoms with Crippen LogP contribution in [0.3, 0.4) is 0 Å². The molecule has 0 saturated carbocycles. The lowest BCUT2D eigenvalue weighted by Crippen LogP contribution is -2.35. The Morgan fingerprint density at radius 2 is 2.17 bits per heavy atom. The smallest absolute Gasteiger partial charge is 0.126 e. The second-order valence-electron chi connectivity index (χ2n) is 4.90. The van der Waals surface area contributed by atoms with E-state index in [0.29, 0.717) is 12.1 Å². The second-order valence-corrected chi connectivity index (χ2v) is 5.79. The van der Waals surface area contributed by atoms with E-state index in [2.05, 4.69) is 24.1 Å². The van der Waals surface area contributed by atoms with Gasteiger partial charge in [0.2, 0.25) is 0 Å². The van der Waals surface area contributed by atoms with Crippen molar-refractivity contribution in [1.29, 1.82) is 0 Å². The molecule has 0 spiro atoms. The molecule has 1 N–H and O–H groups in total. The summed E-state index contributed by atoms with van der Waals surface area (Å²) in [6, 6.07) is 5.20. The van der Waals surface area contributed by atoms with Crippen LogP contribution in [-0.4, -0.2) is 4.98 Å². The van der Waals surface area contributed by atoms with Crippen molar-refractivity contribution in [2.45, 2.75) is 32.9 Å². The number of aromatic nitrogens is 1. The number of aryl methyl sites for hydroxylation is 1. The molecule has 96 valence electrons. The minimum atomic E-state index is -0.170. The van der Waals surface area contributed by atoms with Gasteiger partial charge in [-0.2, -0.15) is 0 Å². The zero-order chi connectivity index (χ0) is 13.2. The van der Waals surface area contributed by atoms with Crippen LogP contribution in [0.5, 0.6) is 0 Å². The Morgan fingerprint density at radius 3 is 2.78 bits per heavy atom. The van der Waals surface area contributed by atoms with E-state index < -0.39 is 0 Å². The maximum absolute atomic E-state index is 13.2. The van der Waals surface area contributed by atoms with Crippen LogP contribution in [0.4, 0.5) is 4.39 Å². The predicted molar refractivity (Wildman–Crippen MR) is 73.1 cm³/mol. The van der Waals surface area contributed by atoms with Crippen LogP contribution in [0.2, 0.25) is 0 Å². The number of nitrogens with one attached hydrogen (secondary N) is 1. The molecule has 1 aromatic heterocycles. The third-order valence-corrected chi connectivity index (χ3v) is 4.02. The Labute approximate surface area is 111 Å². The van der Waals surface area contributed by atoms with E-state index in [1.165, 1.54) is 6.07 Å². The van der Waals surface area contributed by atoms with E-state index in [9.17, 15) is 4.39 Å². The normalized spacial score (nSPS) is 11.8. The van der Waals surface area contributed by atoms with E-state index >= 15 is 0 Å². The molecule has 0 aliphatic carbocycles. The molecular formula is C14H17FN2S. The Kier molecular flexibility index (Phi) is 3.78.